The molecule has 0 atom stereocenters. The fourth-order valence-corrected chi connectivity index (χ4v) is 2.33. The Morgan fingerprint density at radius 3 is 2.25 bits per heavy atom. The second-order valence-electron chi connectivity index (χ2n) is 8.46. The molecular formula is C17H33NO5Si. The lowest BCUT2D eigenvalue weighted by atomic mass is 9.90. The van der Waals surface area contributed by atoms with Gasteiger partial charge in [0.05, 0.1) is 13.2 Å². The Kier molecular flexibility index (Phi) is 8.88. The number of hydrogen-bond donors (Lipinski definition) is 2. The van der Waals surface area contributed by atoms with Crippen molar-refractivity contribution in [1.82, 2.24) is 5.32 Å². The minimum Gasteiger partial charge on any atom is -0.463 e. The van der Waals surface area contributed by atoms with E-state index in [4.69, 9.17) is 9.47 Å². The Labute approximate surface area is 146 Å². The molecule has 0 fully saturated rings. The normalized spacial score (nSPS) is 13.2. The summed E-state index contributed by atoms with van der Waals surface area (Å²) < 4.78 is 10.4. The minimum absolute atomic E-state index is 0.206. The van der Waals surface area contributed by atoms with Crippen molar-refractivity contribution in [2.75, 3.05) is 13.2 Å². The third-order valence-corrected chi connectivity index (χ3v) is 4.72. The molecule has 0 heterocycles. The molecule has 7 heteroatoms. The zero-order valence-electron chi connectivity index (χ0n) is 16.1. The highest BCUT2D eigenvalue weighted by Gasteiger charge is 2.25. The first kappa shape index (κ1) is 22.8. The van der Waals surface area contributed by atoms with E-state index < -0.39 is 25.2 Å². The third kappa shape index (κ3) is 14.4. The van der Waals surface area contributed by atoms with Gasteiger partial charge in [0.1, 0.15) is 0 Å². The number of aliphatic hydroxyl groups is 1. The van der Waals surface area contributed by atoms with Crippen LogP contribution in [0.4, 0.5) is 0 Å². The number of carbonyl (C=O) groups excluding carboxylic acids is 2. The van der Waals surface area contributed by atoms with Crippen molar-refractivity contribution in [3.63, 3.8) is 0 Å². The number of carbonyl (C=O) groups is 2. The van der Waals surface area contributed by atoms with E-state index in [1.54, 1.807) is 13.8 Å². The Bertz CT molecular complexity index is 447. The predicted octanol–water partition coefficient (Wildman–Crippen LogP) is 2.66. The van der Waals surface area contributed by atoms with Gasteiger partial charge >= 0.3 is 5.97 Å². The molecule has 1 amide bonds. The summed E-state index contributed by atoms with van der Waals surface area (Å²) in [5.74, 6) is -1.92. The fourth-order valence-electron chi connectivity index (χ4n) is 1.62. The molecule has 0 rings (SSSR count). The van der Waals surface area contributed by atoms with Crippen molar-refractivity contribution < 1.29 is 24.2 Å². The second-order valence-corrected chi connectivity index (χ2v) is 14.1. The van der Waals surface area contributed by atoms with Crippen LogP contribution in [-0.4, -0.2) is 44.1 Å². The molecule has 0 aromatic heterocycles. The van der Waals surface area contributed by atoms with Gasteiger partial charge < -0.3 is 19.9 Å². The molecule has 0 saturated carbocycles. The summed E-state index contributed by atoms with van der Waals surface area (Å²) in [6.45, 7) is 14.1. The van der Waals surface area contributed by atoms with Crippen LogP contribution >= 0.6 is 0 Å². The molecule has 0 aromatic carbocycles. The molecule has 0 unspecified atom stereocenters. The van der Waals surface area contributed by atoms with Gasteiger partial charge in [-0.2, -0.15) is 0 Å². The maximum Gasteiger partial charge on any atom is 0.332 e. The van der Waals surface area contributed by atoms with Crippen LogP contribution in [0.3, 0.4) is 0 Å². The first-order chi connectivity index (χ1) is 10.7. The zero-order valence-corrected chi connectivity index (χ0v) is 17.1. The van der Waals surface area contributed by atoms with Crippen molar-refractivity contribution in [2.24, 2.45) is 5.41 Å². The van der Waals surface area contributed by atoms with Gasteiger partial charge in [0, 0.05) is 26.8 Å². The standard InChI is InChI=1S/C17H33NO5Si/c1-16(2,13-23-17(3,4)21)12-14(19)18-9-8-15(20)22-10-11-24(5,6)7/h8-9,21H,10-13H2,1-7H3,(H,18,19)/b9-8+. The molecule has 24 heavy (non-hydrogen) atoms. The van der Waals surface area contributed by atoms with Crippen molar-refractivity contribution in [2.45, 2.75) is 65.6 Å². The number of esters is 1. The van der Waals surface area contributed by atoms with E-state index in [1.807, 2.05) is 13.8 Å². The van der Waals surface area contributed by atoms with Gasteiger partial charge in [0.15, 0.2) is 5.79 Å². The lowest BCUT2D eigenvalue weighted by molar-refractivity contribution is -0.192. The zero-order chi connectivity index (χ0) is 19.0. The summed E-state index contributed by atoms with van der Waals surface area (Å²) in [6.07, 6.45) is 2.71. The highest BCUT2D eigenvalue weighted by atomic mass is 28.3. The molecule has 0 aromatic rings. The molecule has 0 spiro atoms. The van der Waals surface area contributed by atoms with E-state index >= 15 is 0 Å². The van der Waals surface area contributed by atoms with Crippen LogP contribution in [0.15, 0.2) is 12.3 Å². The Morgan fingerprint density at radius 2 is 1.75 bits per heavy atom. The molecule has 2 N–H and O–H groups in total. The maximum absolute atomic E-state index is 11.9. The molecule has 6 nitrogen and oxygen atoms in total. The van der Waals surface area contributed by atoms with Gasteiger partial charge in [-0.1, -0.05) is 33.5 Å². The van der Waals surface area contributed by atoms with Gasteiger partial charge in [-0.15, -0.1) is 0 Å². The molecular weight excluding hydrogens is 326 g/mol. The van der Waals surface area contributed by atoms with E-state index in [0.29, 0.717) is 6.61 Å². The number of amides is 1. The summed E-state index contributed by atoms with van der Waals surface area (Å²) in [7, 11) is -1.22. The van der Waals surface area contributed by atoms with Crippen LogP contribution in [-0.2, 0) is 19.1 Å². The number of ether oxygens (including phenoxy) is 2. The van der Waals surface area contributed by atoms with Crippen molar-refractivity contribution in [1.29, 1.82) is 0 Å². The molecule has 0 aliphatic carbocycles. The largest absolute Gasteiger partial charge is 0.463 e. The van der Waals surface area contributed by atoms with E-state index in [1.165, 1.54) is 12.3 Å². The minimum atomic E-state index is -1.23. The van der Waals surface area contributed by atoms with Crippen molar-refractivity contribution in [3.05, 3.63) is 12.3 Å². The molecule has 0 aliphatic rings. The van der Waals surface area contributed by atoms with Crippen LogP contribution in [0.2, 0.25) is 25.7 Å². The number of rotatable bonds is 10. The lowest BCUT2D eigenvalue weighted by Gasteiger charge is -2.28. The second kappa shape index (κ2) is 9.34. The summed E-state index contributed by atoms with van der Waals surface area (Å²) in [4.78, 5) is 23.4. The SMILES string of the molecule is CC(C)(COC(C)(C)O)CC(=O)N/C=C/C(=O)OCC[Si](C)(C)C. The molecule has 140 valence electrons. The Morgan fingerprint density at radius 1 is 1.17 bits per heavy atom. The molecule has 0 radical (unpaired) electrons. The first-order valence-electron chi connectivity index (χ1n) is 8.19. The Balaban J connectivity index is 4.13. The maximum atomic E-state index is 11.9. The van der Waals surface area contributed by atoms with Gasteiger partial charge in [-0.25, -0.2) is 4.79 Å². The van der Waals surface area contributed by atoms with Crippen LogP contribution in [0.5, 0.6) is 0 Å². The summed E-state index contributed by atoms with van der Waals surface area (Å²) >= 11 is 0. The van der Waals surface area contributed by atoms with E-state index in [9.17, 15) is 14.7 Å². The molecule has 0 bridgehead atoms. The van der Waals surface area contributed by atoms with Crippen molar-refractivity contribution >= 4 is 20.0 Å². The average Bonchev–Trinajstić information content (AvgIpc) is 2.33. The number of hydrogen-bond acceptors (Lipinski definition) is 5. The van der Waals surface area contributed by atoms with E-state index in [0.717, 1.165) is 6.04 Å². The highest BCUT2D eigenvalue weighted by molar-refractivity contribution is 6.76. The van der Waals surface area contributed by atoms with E-state index in [-0.39, 0.29) is 18.9 Å². The van der Waals surface area contributed by atoms with Gasteiger partial charge in [-0.3, -0.25) is 4.79 Å². The van der Waals surface area contributed by atoms with Crippen LogP contribution in [0.25, 0.3) is 0 Å². The summed E-state index contributed by atoms with van der Waals surface area (Å²) in [6, 6.07) is 0.911. The third-order valence-electron chi connectivity index (χ3n) is 3.02. The summed E-state index contributed by atoms with van der Waals surface area (Å²) in [5.41, 5.74) is -0.435. The lowest BCUT2D eigenvalue weighted by Crippen LogP contribution is -2.33. The van der Waals surface area contributed by atoms with Gasteiger partial charge in [0.2, 0.25) is 5.91 Å². The summed E-state index contributed by atoms with van der Waals surface area (Å²) in [5, 5.41) is 12.1. The van der Waals surface area contributed by atoms with E-state index in [2.05, 4.69) is 25.0 Å². The number of nitrogens with one attached hydrogen (secondary N) is 1. The quantitative estimate of drug-likeness (QED) is 0.271. The topological polar surface area (TPSA) is 84.9 Å². The van der Waals surface area contributed by atoms with Crippen molar-refractivity contribution in [3.8, 4) is 0 Å². The smallest absolute Gasteiger partial charge is 0.332 e. The highest BCUT2D eigenvalue weighted by Crippen LogP contribution is 2.22. The predicted molar refractivity (Wildman–Crippen MR) is 97.0 cm³/mol. The van der Waals surface area contributed by atoms with Gasteiger partial charge in [0.25, 0.3) is 0 Å². The average molecular weight is 360 g/mol. The van der Waals surface area contributed by atoms with Crippen LogP contribution in [0.1, 0.15) is 34.1 Å². The van der Waals surface area contributed by atoms with Crippen LogP contribution in [0, 0.1) is 5.41 Å². The monoisotopic (exact) mass is 359 g/mol. The molecule has 0 saturated heterocycles. The van der Waals surface area contributed by atoms with Gasteiger partial charge in [-0.05, 0) is 25.3 Å². The Hall–Kier alpha value is -1.18. The van der Waals surface area contributed by atoms with Crippen LogP contribution < -0.4 is 5.32 Å². The molecule has 0 aliphatic heterocycles. The first-order valence-corrected chi connectivity index (χ1v) is 11.9. The fraction of sp³-hybridized carbons (Fsp3) is 0.765.